The largest absolute Gasteiger partial charge is 0.276 e. The van der Waals surface area contributed by atoms with Crippen LogP contribution in [0.4, 0.5) is 0 Å². The molecule has 0 aliphatic heterocycles. The molecule has 0 radical (unpaired) electrons. The second kappa shape index (κ2) is 6.67. The van der Waals surface area contributed by atoms with E-state index in [0.29, 0.717) is 0 Å². The molecule has 0 unspecified atom stereocenters. The van der Waals surface area contributed by atoms with Crippen LogP contribution in [-0.4, -0.2) is 23.3 Å². The highest BCUT2D eigenvalue weighted by atomic mass is 127. The minimum Gasteiger partial charge on any atom is -0.276 e. The Bertz CT molecular complexity index is 1740. The van der Waals surface area contributed by atoms with Gasteiger partial charge < -0.3 is 0 Å². The Hall–Kier alpha value is -3.65. The maximum atomic E-state index is 5.10. The molecule has 0 saturated heterocycles. The first-order valence-electron chi connectivity index (χ1n) is 10.4. The zero-order valence-corrected chi connectivity index (χ0v) is 19.0. The summed E-state index contributed by atoms with van der Waals surface area (Å²) in [5, 5.41) is 0. The minimum absolute atomic E-state index is 0.828. The molecular formula is C26H16IN5. The van der Waals surface area contributed by atoms with Gasteiger partial charge in [-0.1, -0.05) is 42.5 Å². The van der Waals surface area contributed by atoms with E-state index in [0.717, 1.165) is 53.9 Å². The molecule has 7 aromatic rings. The van der Waals surface area contributed by atoms with Crippen molar-refractivity contribution in [3.63, 3.8) is 0 Å². The maximum absolute atomic E-state index is 5.10. The quantitative estimate of drug-likeness (QED) is 0.233. The van der Waals surface area contributed by atoms with Crippen molar-refractivity contribution < 1.29 is 0 Å². The van der Waals surface area contributed by atoms with Crippen LogP contribution in [0.15, 0.2) is 97.1 Å². The van der Waals surface area contributed by atoms with Crippen LogP contribution in [0.3, 0.4) is 0 Å². The molecule has 4 aromatic carbocycles. The predicted molar refractivity (Wildman–Crippen MR) is 137 cm³/mol. The van der Waals surface area contributed by atoms with Crippen LogP contribution in [0.5, 0.6) is 0 Å². The van der Waals surface area contributed by atoms with Crippen LogP contribution in [-0.2, 0) is 0 Å². The summed E-state index contributed by atoms with van der Waals surface area (Å²) in [6, 6.07) is 33.5. The Morgan fingerprint density at radius 2 is 1.03 bits per heavy atom. The normalized spacial score (nSPS) is 11.9. The summed E-state index contributed by atoms with van der Waals surface area (Å²) in [6.45, 7) is 0. The van der Waals surface area contributed by atoms with Crippen molar-refractivity contribution in [3.8, 4) is 5.69 Å². The maximum Gasteiger partial charge on any atom is 0.223 e. The second-order valence-corrected chi connectivity index (χ2v) is 9.02. The molecule has 0 bridgehead atoms. The highest BCUT2D eigenvalue weighted by Gasteiger charge is 2.18. The molecule has 3 aromatic heterocycles. The molecular weight excluding hydrogens is 509 g/mol. The number of nitrogens with zero attached hydrogens (tertiary/aromatic N) is 5. The first-order valence-corrected chi connectivity index (χ1v) is 11.5. The van der Waals surface area contributed by atoms with Gasteiger partial charge in [-0.15, -0.1) is 0 Å². The molecule has 5 nitrogen and oxygen atoms in total. The van der Waals surface area contributed by atoms with Gasteiger partial charge in [0.2, 0.25) is 11.6 Å². The third-order valence-electron chi connectivity index (χ3n) is 5.92. The average Bonchev–Trinajstić information content (AvgIpc) is 3.35. The van der Waals surface area contributed by atoms with Crippen LogP contribution in [0.1, 0.15) is 0 Å². The van der Waals surface area contributed by atoms with Crippen molar-refractivity contribution in [1.82, 2.24) is 23.3 Å². The Balaban J connectivity index is 1.90. The standard InChI is InChI=1S/C26H16IN5/c27-17-8-7-9-18(16-17)30-25-28-19-10-1-3-12-21(19)31(25)23-14-5-6-15-24(23)32-22-13-4-2-11-20(22)29-26(30)32/h1-16H. The fourth-order valence-electron chi connectivity index (χ4n) is 4.58. The van der Waals surface area contributed by atoms with Crippen LogP contribution in [0.2, 0.25) is 0 Å². The number of rotatable bonds is 1. The van der Waals surface area contributed by atoms with Gasteiger partial charge in [0.15, 0.2) is 0 Å². The fraction of sp³-hybridized carbons (Fsp3) is 0. The number of para-hydroxylation sites is 6. The summed E-state index contributed by atoms with van der Waals surface area (Å²) < 4.78 is 7.82. The Morgan fingerprint density at radius 3 is 1.56 bits per heavy atom. The molecule has 0 atom stereocenters. The lowest BCUT2D eigenvalue weighted by Gasteiger charge is -2.07. The second-order valence-electron chi connectivity index (χ2n) is 7.78. The monoisotopic (exact) mass is 525 g/mol. The van der Waals surface area contributed by atoms with Crippen LogP contribution in [0.25, 0.3) is 50.3 Å². The summed E-state index contributed by atoms with van der Waals surface area (Å²) in [5.41, 5.74) is 7.23. The van der Waals surface area contributed by atoms with Crippen molar-refractivity contribution in [2.24, 2.45) is 0 Å². The Labute approximate surface area is 196 Å². The molecule has 0 aliphatic carbocycles. The van der Waals surface area contributed by atoms with E-state index in [9.17, 15) is 0 Å². The van der Waals surface area contributed by atoms with E-state index in [2.05, 4.69) is 121 Å². The topological polar surface area (TPSA) is 39.5 Å². The van der Waals surface area contributed by atoms with Crippen molar-refractivity contribution in [2.75, 3.05) is 0 Å². The van der Waals surface area contributed by atoms with Gasteiger partial charge in [-0.3, -0.25) is 8.80 Å². The van der Waals surface area contributed by atoms with Crippen molar-refractivity contribution >= 4 is 67.2 Å². The number of aromatic nitrogens is 5. The van der Waals surface area contributed by atoms with Crippen LogP contribution >= 0.6 is 22.6 Å². The van der Waals surface area contributed by atoms with Gasteiger partial charge in [-0.2, -0.15) is 0 Å². The molecule has 0 aliphatic rings. The molecule has 32 heavy (non-hydrogen) atoms. The van der Waals surface area contributed by atoms with Gasteiger partial charge in [-0.05, 0) is 77.2 Å². The lowest BCUT2D eigenvalue weighted by Crippen LogP contribution is -2.02. The molecule has 7 rings (SSSR count). The summed E-state index contributed by atoms with van der Waals surface area (Å²) in [5.74, 6) is 1.66. The number of hydrogen-bond acceptors (Lipinski definition) is 2. The molecule has 0 amide bonds. The van der Waals surface area contributed by atoms with Crippen molar-refractivity contribution in [2.45, 2.75) is 0 Å². The number of benzene rings is 4. The van der Waals surface area contributed by atoms with Gasteiger partial charge in [0.25, 0.3) is 0 Å². The van der Waals surface area contributed by atoms with E-state index < -0.39 is 0 Å². The van der Waals surface area contributed by atoms with Crippen LogP contribution in [0, 0.1) is 3.57 Å². The van der Waals surface area contributed by atoms with E-state index in [-0.39, 0.29) is 0 Å². The van der Waals surface area contributed by atoms with E-state index in [1.807, 2.05) is 12.1 Å². The number of hydrogen-bond donors (Lipinski definition) is 0. The predicted octanol–water partition coefficient (Wildman–Crippen LogP) is 6.40. The van der Waals surface area contributed by atoms with Gasteiger partial charge in [0.05, 0.1) is 38.8 Å². The third kappa shape index (κ3) is 2.44. The molecule has 6 heteroatoms. The summed E-state index contributed by atoms with van der Waals surface area (Å²) in [7, 11) is 0. The lowest BCUT2D eigenvalue weighted by molar-refractivity contribution is 1.03. The number of imidazole rings is 2. The molecule has 0 fully saturated rings. The van der Waals surface area contributed by atoms with E-state index in [1.165, 1.54) is 0 Å². The van der Waals surface area contributed by atoms with E-state index in [4.69, 9.17) is 9.97 Å². The van der Waals surface area contributed by atoms with Crippen LogP contribution < -0.4 is 0 Å². The van der Waals surface area contributed by atoms with Gasteiger partial charge in [0, 0.05) is 3.57 Å². The smallest absolute Gasteiger partial charge is 0.223 e. The van der Waals surface area contributed by atoms with Gasteiger partial charge in [0.1, 0.15) is 0 Å². The minimum atomic E-state index is 0.828. The van der Waals surface area contributed by atoms with Gasteiger partial charge >= 0.3 is 0 Å². The molecule has 0 spiro atoms. The Morgan fingerprint density at radius 1 is 0.531 bits per heavy atom. The van der Waals surface area contributed by atoms with Gasteiger partial charge in [-0.25, -0.2) is 14.5 Å². The summed E-state index contributed by atoms with van der Waals surface area (Å²) in [4.78, 5) is 10.2. The third-order valence-corrected chi connectivity index (χ3v) is 6.59. The SMILES string of the molecule is Ic1cccc(-n2c3nc4ccccc4n3c3ccccc3n3c4ccccc4nc23)c1. The van der Waals surface area contributed by atoms with E-state index in [1.54, 1.807) is 0 Å². The molecule has 0 saturated carbocycles. The highest BCUT2D eigenvalue weighted by molar-refractivity contribution is 14.1. The molecule has 0 N–H and O–H groups in total. The Kier molecular flexibility index (Phi) is 3.75. The first kappa shape index (κ1) is 18.0. The molecule has 152 valence electrons. The number of fused-ring (bicyclic) bond motifs is 9. The number of halogens is 1. The zero-order valence-electron chi connectivity index (χ0n) is 16.9. The highest BCUT2D eigenvalue weighted by Crippen LogP contribution is 2.29. The van der Waals surface area contributed by atoms with Crippen molar-refractivity contribution in [3.05, 3.63) is 101 Å². The summed E-state index contributed by atoms with van der Waals surface area (Å²) in [6.07, 6.45) is 0. The summed E-state index contributed by atoms with van der Waals surface area (Å²) >= 11 is 2.36. The molecule has 3 heterocycles. The zero-order chi connectivity index (χ0) is 21.2. The first-order chi connectivity index (χ1) is 15.8. The van der Waals surface area contributed by atoms with Crippen molar-refractivity contribution in [1.29, 1.82) is 0 Å². The average molecular weight is 525 g/mol. The van der Waals surface area contributed by atoms with E-state index >= 15 is 0 Å². The fourth-order valence-corrected chi connectivity index (χ4v) is 5.11. The lowest BCUT2D eigenvalue weighted by atomic mass is 10.2.